The molecular formula is C10H19N3O. The van der Waals surface area contributed by atoms with Crippen molar-refractivity contribution in [1.29, 1.82) is 0 Å². The van der Waals surface area contributed by atoms with Gasteiger partial charge in [-0.25, -0.2) is 0 Å². The van der Waals surface area contributed by atoms with Crippen molar-refractivity contribution in [3.63, 3.8) is 0 Å². The number of hydrogen-bond donors (Lipinski definition) is 2. The Morgan fingerprint density at radius 2 is 1.93 bits per heavy atom. The molecule has 0 aliphatic carbocycles. The van der Waals surface area contributed by atoms with E-state index in [1.807, 2.05) is 0 Å². The van der Waals surface area contributed by atoms with Gasteiger partial charge in [0, 0.05) is 45.2 Å². The fraction of sp³-hybridized carbons (Fsp3) is 0.900. The highest BCUT2D eigenvalue weighted by Gasteiger charge is 2.23. The molecule has 0 bridgehead atoms. The molecular weight excluding hydrogens is 178 g/mol. The van der Waals surface area contributed by atoms with Crippen LogP contribution in [0.5, 0.6) is 0 Å². The zero-order chi connectivity index (χ0) is 9.80. The van der Waals surface area contributed by atoms with Crippen LogP contribution in [0, 0.1) is 0 Å². The third kappa shape index (κ3) is 2.45. The number of hydrogen-bond acceptors (Lipinski definition) is 3. The molecule has 0 saturated carbocycles. The molecule has 80 valence electrons. The van der Waals surface area contributed by atoms with Gasteiger partial charge in [-0.15, -0.1) is 0 Å². The van der Waals surface area contributed by atoms with E-state index in [2.05, 4.69) is 15.5 Å². The van der Waals surface area contributed by atoms with Crippen molar-refractivity contribution in [2.45, 2.75) is 25.3 Å². The van der Waals surface area contributed by atoms with Gasteiger partial charge in [-0.1, -0.05) is 0 Å². The van der Waals surface area contributed by atoms with Crippen LogP contribution in [0.1, 0.15) is 19.3 Å². The SMILES string of the molecule is O=C1CCC(N2CCNCC2)CCN1. The highest BCUT2D eigenvalue weighted by molar-refractivity contribution is 5.76. The number of carbonyl (C=O) groups excluding carboxylic acids is 1. The lowest BCUT2D eigenvalue weighted by Crippen LogP contribution is -2.48. The van der Waals surface area contributed by atoms with Crippen LogP contribution in [0.2, 0.25) is 0 Å². The fourth-order valence-corrected chi connectivity index (χ4v) is 2.32. The second-order valence-electron chi connectivity index (χ2n) is 4.12. The van der Waals surface area contributed by atoms with Crippen molar-refractivity contribution in [3.05, 3.63) is 0 Å². The minimum atomic E-state index is 0.225. The summed E-state index contributed by atoms with van der Waals surface area (Å²) in [4.78, 5) is 13.7. The summed E-state index contributed by atoms with van der Waals surface area (Å²) in [7, 11) is 0. The Morgan fingerprint density at radius 1 is 1.14 bits per heavy atom. The van der Waals surface area contributed by atoms with Crippen molar-refractivity contribution >= 4 is 5.91 Å². The Kier molecular flexibility index (Phi) is 3.37. The molecule has 2 fully saturated rings. The number of nitrogens with one attached hydrogen (secondary N) is 2. The fourth-order valence-electron chi connectivity index (χ4n) is 2.32. The van der Waals surface area contributed by atoms with Crippen molar-refractivity contribution in [2.24, 2.45) is 0 Å². The molecule has 0 aromatic carbocycles. The topological polar surface area (TPSA) is 44.4 Å². The second-order valence-corrected chi connectivity index (χ2v) is 4.12. The summed E-state index contributed by atoms with van der Waals surface area (Å²) < 4.78 is 0. The Hall–Kier alpha value is -0.610. The first-order valence-corrected chi connectivity index (χ1v) is 5.58. The molecule has 0 aromatic heterocycles. The van der Waals surface area contributed by atoms with E-state index in [0.29, 0.717) is 12.5 Å². The van der Waals surface area contributed by atoms with Crippen LogP contribution >= 0.6 is 0 Å². The first kappa shape index (κ1) is 9.93. The van der Waals surface area contributed by atoms with Gasteiger partial charge in [-0.2, -0.15) is 0 Å². The number of amides is 1. The quantitative estimate of drug-likeness (QED) is 0.599. The first-order valence-electron chi connectivity index (χ1n) is 5.58. The summed E-state index contributed by atoms with van der Waals surface area (Å²) in [6.07, 6.45) is 2.85. The van der Waals surface area contributed by atoms with Crippen LogP contribution in [0.3, 0.4) is 0 Å². The Morgan fingerprint density at radius 3 is 2.71 bits per heavy atom. The lowest BCUT2D eigenvalue weighted by atomic mass is 10.1. The molecule has 2 aliphatic rings. The second kappa shape index (κ2) is 4.75. The largest absolute Gasteiger partial charge is 0.356 e. The zero-order valence-corrected chi connectivity index (χ0v) is 8.59. The molecule has 2 heterocycles. The van der Waals surface area contributed by atoms with Crippen molar-refractivity contribution in [2.75, 3.05) is 32.7 Å². The summed E-state index contributed by atoms with van der Waals surface area (Å²) >= 11 is 0. The maximum atomic E-state index is 11.2. The van der Waals surface area contributed by atoms with E-state index in [4.69, 9.17) is 0 Å². The van der Waals surface area contributed by atoms with Crippen molar-refractivity contribution in [1.82, 2.24) is 15.5 Å². The van der Waals surface area contributed by atoms with E-state index < -0.39 is 0 Å². The van der Waals surface area contributed by atoms with Gasteiger partial charge in [0.25, 0.3) is 0 Å². The number of rotatable bonds is 1. The number of carbonyl (C=O) groups is 1. The van der Waals surface area contributed by atoms with Crippen LogP contribution in [0.15, 0.2) is 0 Å². The maximum absolute atomic E-state index is 11.2. The molecule has 0 aromatic rings. The first-order chi connectivity index (χ1) is 6.86. The minimum Gasteiger partial charge on any atom is -0.356 e. The summed E-state index contributed by atoms with van der Waals surface area (Å²) in [6, 6.07) is 0.621. The molecule has 4 heteroatoms. The molecule has 1 amide bonds. The van der Waals surface area contributed by atoms with E-state index in [9.17, 15) is 4.79 Å². The highest BCUT2D eigenvalue weighted by atomic mass is 16.1. The lowest BCUT2D eigenvalue weighted by molar-refractivity contribution is -0.120. The van der Waals surface area contributed by atoms with E-state index in [1.165, 1.54) is 0 Å². The third-order valence-corrected chi connectivity index (χ3v) is 3.17. The van der Waals surface area contributed by atoms with Gasteiger partial charge >= 0.3 is 0 Å². The summed E-state index contributed by atoms with van der Waals surface area (Å²) in [6.45, 7) is 5.32. The molecule has 2 aliphatic heterocycles. The third-order valence-electron chi connectivity index (χ3n) is 3.17. The van der Waals surface area contributed by atoms with Gasteiger partial charge in [-0.05, 0) is 12.8 Å². The molecule has 1 unspecified atom stereocenters. The van der Waals surface area contributed by atoms with Gasteiger partial charge < -0.3 is 10.6 Å². The van der Waals surface area contributed by atoms with E-state index in [1.54, 1.807) is 0 Å². The predicted molar refractivity (Wildman–Crippen MR) is 55.1 cm³/mol. The summed E-state index contributed by atoms with van der Waals surface area (Å²) in [5.74, 6) is 0.225. The molecule has 2 N–H and O–H groups in total. The standard InChI is InChI=1S/C10H19N3O/c14-10-2-1-9(3-4-12-10)13-7-5-11-6-8-13/h9,11H,1-8H2,(H,12,14). The molecule has 0 radical (unpaired) electrons. The number of nitrogens with zero attached hydrogens (tertiary/aromatic N) is 1. The monoisotopic (exact) mass is 197 g/mol. The average molecular weight is 197 g/mol. The lowest BCUT2D eigenvalue weighted by Gasteiger charge is -2.34. The number of piperazine rings is 1. The summed E-state index contributed by atoms with van der Waals surface area (Å²) in [5.41, 5.74) is 0. The van der Waals surface area contributed by atoms with E-state index in [-0.39, 0.29) is 5.91 Å². The smallest absolute Gasteiger partial charge is 0.220 e. The van der Waals surface area contributed by atoms with Crippen LogP contribution < -0.4 is 10.6 Å². The van der Waals surface area contributed by atoms with Crippen molar-refractivity contribution in [3.8, 4) is 0 Å². The average Bonchev–Trinajstić information content (AvgIpc) is 2.44. The van der Waals surface area contributed by atoms with Crippen LogP contribution in [-0.2, 0) is 4.79 Å². The van der Waals surface area contributed by atoms with Crippen LogP contribution in [0.25, 0.3) is 0 Å². The van der Waals surface area contributed by atoms with Crippen LogP contribution in [0.4, 0.5) is 0 Å². The summed E-state index contributed by atoms with van der Waals surface area (Å²) in [5, 5.41) is 6.29. The predicted octanol–water partition coefficient (Wildman–Crippen LogP) is -0.440. The van der Waals surface area contributed by atoms with Gasteiger partial charge in [0.15, 0.2) is 0 Å². The van der Waals surface area contributed by atoms with Crippen molar-refractivity contribution < 1.29 is 4.79 Å². The Labute approximate surface area is 85.0 Å². The molecule has 0 spiro atoms. The Balaban J connectivity index is 1.86. The molecule has 1 atom stereocenters. The van der Waals surface area contributed by atoms with E-state index >= 15 is 0 Å². The van der Waals surface area contributed by atoms with Gasteiger partial charge in [0.2, 0.25) is 5.91 Å². The zero-order valence-electron chi connectivity index (χ0n) is 8.59. The van der Waals surface area contributed by atoms with E-state index in [0.717, 1.165) is 45.6 Å². The minimum absolute atomic E-state index is 0.225. The Bertz CT molecular complexity index is 202. The molecule has 4 nitrogen and oxygen atoms in total. The maximum Gasteiger partial charge on any atom is 0.220 e. The van der Waals surface area contributed by atoms with Gasteiger partial charge in [0.05, 0.1) is 0 Å². The van der Waals surface area contributed by atoms with Gasteiger partial charge in [0.1, 0.15) is 0 Å². The normalized spacial score (nSPS) is 30.9. The highest BCUT2D eigenvalue weighted by Crippen LogP contribution is 2.14. The molecule has 2 rings (SSSR count). The van der Waals surface area contributed by atoms with Crippen LogP contribution in [-0.4, -0.2) is 49.6 Å². The van der Waals surface area contributed by atoms with Gasteiger partial charge in [-0.3, -0.25) is 9.69 Å². The molecule has 2 saturated heterocycles. The molecule has 14 heavy (non-hydrogen) atoms.